The van der Waals surface area contributed by atoms with E-state index < -0.39 is 6.43 Å². The summed E-state index contributed by atoms with van der Waals surface area (Å²) < 4.78 is 25.3. The molecule has 2 heterocycles. The number of halogens is 3. The minimum Gasteiger partial charge on any atom is -0.246 e. The van der Waals surface area contributed by atoms with Crippen LogP contribution in [-0.2, 0) is 0 Å². The number of thiophene rings is 1. The van der Waals surface area contributed by atoms with Crippen LogP contribution in [0, 0.1) is 0 Å². The van der Waals surface area contributed by atoms with Crippen LogP contribution in [0.1, 0.15) is 12.1 Å². The molecule has 0 aliphatic heterocycles. The van der Waals surface area contributed by atoms with Crippen LogP contribution in [0.4, 0.5) is 8.78 Å². The average molecular weight is 220 g/mol. The Bertz CT molecular complexity index is 441. The number of fused-ring (bicyclic) bond motifs is 1. The predicted octanol–water partition coefficient (Wildman–Crippen LogP) is 3.89. The molecule has 1 nitrogen and oxygen atoms in total. The van der Waals surface area contributed by atoms with E-state index in [9.17, 15) is 8.78 Å². The lowest BCUT2D eigenvalue weighted by Crippen LogP contribution is -1.89. The first-order valence-electron chi connectivity index (χ1n) is 3.50. The Morgan fingerprint density at radius 1 is 1.46 bits per heavy atom. The van der Waals surface area contributed by atoms with Gasteiger partial charge in [0.2, 0.25) is 0 Å². The number of rotatable bonds is 1. The summed E-state index contributed by atoms with van der Waals surface area (Å²) >= 11 is 7.18. The number of hydrogen-bond donors (Lipinski definition) is 0. The van der Waals surface area contributed by atoms with Gasteiger partial charge in [-0.2, -0.15) is 0 Å². The van der Waals surface area contributed by atoms with E-state index in [0.29, 0.717) is 10.5 Å². The summed E-state index contributed by atoms with van der Waals surface area (Å²) in [5, 5.41) is 2.12. The van der Waals surface area contributed by atoms with Crippen molar-refractivity contribution in [3.8, 4) is 0 Å². The van der Waals surface area contributed by atoms with E-state index >= 15 is 0 Å². The lowest BCUT2D eigenvalue weighted by molar-refractivity contribution is 0.146. The molecule has 0 fully saturated rings. The molecule has 0 radical (unpaired) electrons. The molecule has 0 amide bonds. The highest BCUT2D eigenvalue weighted by Gasteiger charge is 2.12. The standard InChI is InChI=1S/C8H4ClF2NS/c9-4-3-6(8(10)11)12-5-1-2-13-7(4)5/h1-3,8H. The molecule has 0 aromatic carbocycles. The summed E-state index contributed by atoms with van der Waals surface area (Å²) in [6.45, 7) is 0. The maximum absolute atomic E-state index is 12.3. The quantitative estimate of drug-likeness (QED) is 0.709. The van der Waals surface area contributed by atoms with Gasteiger partial charge in [-0.15, -0.1) is 11.3 Å². The molecule has 2 rings (SSSR count). The fourth-order valence-corrected chi connectivity index (χ4v) is 2.13. The fourth-order valence-electron chi connectivity index (χ4n) is 1.05. The Morgan fingerprint density at radius 3 is 2.92 bits per heavy atom. The summed E-state index contributed by atoms with van der Waals surface area (Å²) in [4.78, 5) is 3.77. The molecule has 0 aliphatic carbocycles. The zero-order valence-electron chi connectivity index (χ0n) is 6.30. The smallest absolute Gasteiger partial charge is 0.246 e. The molecule has 0 saturated carbocycles. The summed E-state index contributed by atoms with van der Waals surface area (Å²) in [5.74, 6) is 0. The lowest BCUT2D eigenvalue weighted by atomic mass is 10.3. The van der Waals surface area contributed by atoms with Crippen molar-refractivity contribution < 1.29 is 8.78 Å². The maximum Gasteiger partial charge on any atom is 0.280 e. The summed E-state index contributed by atoms with van der Waals surface area (Å²) in [6.07, 6.45) is -2.57. The first kappa shape index (κ1) is 8.84. The van der Waals surface area contributed by atoms with E-state index in [4.69, 9.17) is 11.6 Å². The number of hydrogen-bond acceptors (Lipinski definition) is 2. The third kappa shape index (κ3) is 1.51. The van der Waals surface area contributed by atoms with Crippen molar-refractivity contribution in [1.82, 2.24) is 4.98 Å². The maximum atomic E-state index is 12.3. The molecule has 0 saturated heterocycles. The van der Waals surface area contributed by atoms with Crippen molar-refractivity contribution in [2.45, 2.75) is 6.43 Å². The van der Waals surface area contributed by atoms with Gasteiger partial charge in [0.25, 0.3) is 6.43 Å². The molecule has 0 N–H and O–H groups in total. The van der Waals surface area contributed by atoms with E-state index in [0.717, 1.165) is 4.70 Å². The molecule has 0 aliphatic rings. The van der Waals surface area contributed by atoms with E-state index in [1.54, 1.807) is 11.4 Å². The predicted molar refractivity (Wildman–Crippen MR) is 49.6 cm³/mol. The largest absolute Gasteiger partial charge is 0.280 e. The topological polar surface area (TPSA) is 12.9 Å². The summed E-state index contributed by atoms with van der Waals surface area (Å²) in [7, 11) is 0. The molecular weight excluding hydrogens is 216 g/mol. The molecule has 5 heteroatoms. The number of alkyl halides is 2. The van der Waals surface area contributed by atoms with Crippen LogP contribution in [-0.4, -0.2) is 4.98 Å². The fraction of sp³-hybridized carbons (Fsp3) is 0.125. The lowest BCUT2D eigenvalue weighted by Gasteiger charge is -1.99. The van der Waals surface area contributed by atoms with Gasteiger partial charge in [-0.05, 0) is 17.5 Å². The van der Waals surface area contributed by atoms with Crippen LogP contribution >= 0.6 is 22.9 Å². The van der Waals surface area contributed by atoms with Crippen LogP contribution in [0.5, 0.6) is 0 Å². The molecule has 0 atom stereocenters. The second kappa shape index (κ2) is 3.20. The van der Waals surface area contributed by atoms with E-state index in [-0.39, 0.29) is 5.69 Å². The van der Waals surface area contributed by atoms with Crippen molar-refractivity contribution in [1.29, 1.82) is 0 Å². The van der Waals surface area contributed by atoms with Gasteiger partial charge >= 0.3 is 0 Å². The van der Waals surface area contributed by atoms with Gasteiger partial charge in [0, 0.05) is 0 Å². The van der Waals surface area contributed by atoms with E-state index in [2.05, 4.69) is 4.98 Å². The summed E-state index contributed by atoms with van der Waals surface area (Å²) in [6, 6.07) is 2.89. The monoisotopic (exact) mass is 219 g/mol. The van der Waals surface area contributed by atoms with Gasteiger partial charge in [0.15, 0.2) is 0 Å². The summed E-state index contributed by atoms with van der Waals surface area (Å²) in [5.41, 5.74) is 0.267. The zero-order chi connectivity index (χ0) is 9.42. The van der Waals surface area contributed by atoms with Crippen LogP contribution in [0.25, 0.3) is 10.2 Å². The van der Waals surface area contributed by atoms with Crippen molar-refractivity contribution >= 4 is 33.2 Å². The van der Waals surface area contributed by atoms with Gasteiger partial charge in [0.05, 0.1) is 15.2 Å². The van der Waals surface area contributed by atoms with Crippen molar-refractivity contribution in [3.05, 3.63) is 28.2 Å². The second-order valence-corrected chi connectivity index (χ2v) is 3.79. The van der Waals surface area contributed by atoms with Crippen LogP contribution < -0.4 is 0 Å². The van der Waals surface area contributed by atoms with Gasteiger partial charge < -0.3 is 0 Å². The Labute approximate surface area is 82.0 Å². The van der Waals surface area contributed by atoms with Gasteiger partial charge in [0.1, 0.15) is 5.69 Å². The highest BCUT2D eigenvalue weighted by Crippen LogP contribution is 2.30. The molecular formula is C8H4ClF2NS. The molecule has 2 aromatic heterocycles. The number of pyridine rings is 1. The Balaban J connectivity index is 2.70. The third-order valence-electron chi connectivity index (χ3n) is 1.61. The molecule has 0 spiro atoms. The molecule has 0 bridgehead atoms. The normalized spacial score (nSPS) is 11.4. The van der Waals surface area contributed by atoms with Crippen LogP contribution in [0.15, 0.2) is 17.5 Å². The molecule has 2 aromatic rings. The van der Waals surface area contributed by atoms with Crippen molar-refractivity contribution in [2.24, 2.45) is 0 Å². The van der Waals surface area contributed by atoms with Gasteiger partial charge in [-0.3, -0.25) is 0 Å². The average Bonchev–Trinajstić information content (AvgIpc) is 2.51. The van der Waals surface area contributed by atoms with Crippen LogP contribution in [0.3, 0.4) is 0 Å². The van der Waals surface area contributed by atoms with Crippen molar-refractivity contribution in [3.63, 3.8) is 0 Å². The SMILES string of the molecule is FC(F)c1cc(Cl)c2sccc2n1. The minimum atomic E-state index is -2.57. The number of aromatic nitrogens is 1. The van der Waals surface area contributed by atoms with Gasteiger partial charge in [-0.25, -0.2) is 13.8 Å². The third-order valence-corrected chi connectivity index (χ3v) is 2.96. The van der Waals surface area contributed by atoms with E-state index in [1.807, 2.05) is 0 Å². The molecule has 68 valence electrons. The van der Waals surface area contributed by atoms with Crippen LogP contribution in [0.2, 0.25) is 5.02 Å². The van der Waals surface area contributed by atoms with E-state index in [1.165, 1.54) is 17.4 Å². The second-order valence-electron chi connectivity index (χ2n) is 2.46. The van der Waals surface area contributed by atoms with Gasteiger partial charge in [-0.1, -0.05) is 11.6 Å². The highest BCUT2D eigenvalue weighted by molar-refractivity contribution is 7.17. The minimum absolute atomic E-state index is 0.268. The molecule has 0 unspecified atom stereocenters. The Morgan fingerprint density at radius 2 is 2.23 bits per heavy atom. The first-order valence-corrected chi connectivity index (χ1v) is 4.76. The highest BCUT2D eigenvalue weighted by atomic mass is 35.5. The first-order chi connectivity index (χ1) is 6.18. The zero-order valence-corrected chi connectivity index (χ0v) is 7.87. The Kier molecular flexibility index (Phi) is 2.17. The van der Waals surface area contributed by atoms with Crippen molar-refractivity contribution in [2.75, 3.05) is 0 Å². The number of nitrogens with zero attached hydrogens (tertiary/aromatic N) is 1. The Hall–Kier alpha value is -0.740. The molecule has 13 heavy (non-hydrogen) atoms.